The van der Waals surface area contributed by atoms with Crippen molar-refractivity contribution < 1.29 is 13.9 Å². The molecule has 20 heavy (non-hydrogen) atoms. The molecule has 2 aromatic rings. The van der Waals surface area contributed by atoms with Gasteiger partial charge in [0.1, 0.15) is 11.8 Å². The summed E-state index contributed by atoms with van der Waals surface area (Å²) in [6.45, 7) is 2.57. The standard InChI is InChI=1S/C14H18ClNO3S/c1-17-9-10-18-8-6-16-14(11-3-2-7-19-11)12-4-5-13(15)20-12/h2-5,7,14,16H,6,8-10H2,1H3. The fourth-order valence-electron chi connectivity index (χ4n) is 1.80. The van der Waals surface area contributed by atoms with Crippen LogP contribution in [0.4, 0.5) is 0 Å². The van der Waals surface area contributed by atoms with Crippen LogP contribution in [0.2, 0.25) is 4.34 Å². The molecule has 1 atom stereocenters. The van der Waals surface area contributed by atoms with Crippen molar-refractivity contribution in [3.63, 3.8) is 0 Å². The molecule has 0 aliphatic rings. The summed E-state index contributed by atoms with van der Waals surface area (Å²) in [5.41, 5.74) is 0. The Bertz CT molecular complexity index is 486. The van der Waals surface area contributed by atoms with Gasteiger partial charge in [0.2, 0.25) is 0 Å². The highest BCUT2D eigenvalue weighted by Crippen LogP contribution is 2.31. The van der Waals surface area contributed by atoms with Crippen LogP contribution in [0.1, 0.15) is 16.7 Å². The summed E-state index contributed by atoms with van der Waals surface area (Å²) < 4.78 is 16.6. The highest BCUT2D eigenvalue weighted by molar-refractivity contribution is 7.16. The Morgan fingerprint density at radius 2 is 2.20 bits per heavy atom. The molecule has 2 aromatic heterocycles. The molecule has 0 aliphatic heterocycles. The number of hydrogen-bond acceptors (Lipinski definition) is 5. The smallest absolute Gasteiger partial charge is 0.126 e. The van der Waals surface area contributed by atoms with Gasteiger partial charge >= 0.3 is 0 Å². The summed E-state index contributed by atoms with van der Waals surface area (Å²) in [7, 11) is 1.66. The van der Waals surface area contributed by atoms with E-state index in [2.05, 4.69) is 5.32 Å². The number of nitrogens with one attached hydrogen (secondary N) is 1. The molecule has 4 nitrogen and oxygen atoms in total. The minimum atomic E-state index is 0.00789. The summed E-state index contributed by atoms with van der Waals surface area (Å²) in [5.74, 6) is 0.875. The van der Waals surface area contributed by atoms with E-state index in [4.69, 9.17) is 25.5 Å². The first kappa shape index (κ1) is 15.5. The zero-order valence-electron chi connectivity index (χ0n) is 11.3. The van der Waals surface area contributed by atoms with Crippen molar-refractivity contribution in [2.24, 2.45) is 0 Å². The number of hydrogen-bond donors (Lipinski definition) is 1. The van der Waals surface area contributed by atoms with E-state index in [1.165, 1.54) is 0 Å². The number of thiophene rings is 1. The van der Waals surface area contributed by atoms with Crippen LogP contribution in [-0.4, -0.2) is 33.5 Å². The second-order valence-electron chi connectivity index (χ2n) is 4.15. The molecule has 0 radical (unpaired) electrons. The minimum Gasteiger partial charge on any atom is -0.467 e. The zero-order valence-corrected chi connectivity index (χ0v) is 12.9. The number of furan rings is 1. The second-order valence-corrected chi connectivity index (χ2v) is 5.90. The van der Waals surface area contributed by atoms with Gasteiger partial charge in [-0.15, -0.1) is 11.3 Å². The normalized spacial score (nSPS) is 12.7. The summed E-state index contributed by atoms with van der Waals surface area (Å²) >= 11 is 7.55. The summed E-state index contributed by atoms with van der Waals surface area (Å²) in [4.78, 5) is 1.13. The molecule has 0 saturated carbocycles. The molecule has 0 aromatic carbocycles. The van der Waals surface area contributed by atoms with Gasteiger partial charge in [-0.1, -0.05) is 11.6 Å². The fourth-order valence-corrected chi connectivity index (χ4v) is 2.95. The van der Waals surface area contributed by atoms with Crippen molar-refractivity contribution in [1.82, 2.24) is 5.32 Å². The molecule has 0 bridgehead atoms. The topological polar surface area (TPSA) is 43.6 Å². The Morgan fingerprint density at radius 3 is 2.85 bits per heavy atom. The van der Waals surface area contributed by atoms with Gasteiger partial charge in [-0.3, -0.25) is 0 Å². The van der Waals surface area contributed by atoms with E-state index in [1.807, 2.05) is 24.3 Å². The molecule has 0 fully saturated rings. The van der Waals surface area contributed by atoms with Crippen molar-refractivity contribution in [2.45, 2.75) is 6.04 Å². The highest BCUT2D eigenvalue weighted by Gasteiger charge is 2.18. The van der Waals surface area contributed by atoms with Gasteiger partial charge in [0.15, 0.2) is 0 Å². The van der Waals surface area contributed by atoms with Gasteiger partial charge < -0.3 is 19.2 Å². The third kappa shape index (κ3) is 4.61. The van der Waals surface area contributed by atoms with E-state index in [0.29, 0.717) is 19.8 Å². The van der Waals surface area contributed by atoms with E-state index >= 15 is 0 Å². The van der Waals surface area contributed by atoms with Crippen LogP contribution >= 0.6 is 22.9 Å². The lowest BCUT2D eigenvalue weighted by atomic mass is 10.2. The first-order valence-electron chi connectivity index (χ1n) is 6.40. The molecule has 0 aliphatic carbocycles. The van der Waals surface area contributed by atoms with Crippen molar-refractivity contribution in [3.8, 4) is 0 Å². The first-order valence-corrected chi connectivity index (χ1v) is 7.59. The van der Waals surface area contributed by atoms with Crippen molar-refractivity contribution >= 4 is 22.9 Å². The maximum atomic E-state index is 6.01. The molecular formula is C14H18ClNO3S. The van der Waals surface area contributed by atoms with Gasteiger partial charge in [-0.25, -0.2) is 0 Å². The van der Waals surface area contributed by atoms with E-state index in [-0.39, 0.29) is 6.04 Å². The number of methoxy groups -OCH3 is 1. The van der Waals surface area contributed by atoms with Crippen LogP contribution in [0.5, 0.6) is 0 Å². The van der Waals surface area contributed by atoms with Crippen LogP contribution in [0, 0.1) is 0 Å². The quantitative estimate of drug-likeness (QED) is 0.721. The van der Waals surface area contributed by atoms with Gasteiger partial charge in [0.25, 0.3) is 0 Å². The van der Waals surface area contributed by atoms with E-state index in [1.54, 1.807) is 24.7 Å². The Labute approximate surface area is 127 Å². The lowest BCUT2D eigenvalue weighted by Gasteiger charge is -2.15. The molecule has 0 amide bonds. The summed E-state index contributed by atoms with van der Waals surface area (Å²) in [6.07, 6.45) is 1.67. The van der Waals surface area contributed by atoms with Crippen LogP contribution < -0.4 is 5.32 Å². The molecule has 1 N–H and O–H groups in total. The summed E-state index contributed by atoms with van der Waals surface area (Å²) in [6, 6.07) is 7.76. The SMILES string of the molecule is COCCOCCNC(c1ccco1)c1ccc(Cl)s1. The summed E-state index contributed by atoms with van der Waals surface area (Å²) in [5, 5.41) is 3.42. The van der Waals surface area contributed by atoms with Crippen molar-refractivity contribution in [3.05, 3.63) is 45.5 Å². The average Bonchev–Trinajstić information content (AvgIpc) is 3.10. The average molecular weight is 316 g/mol. The maximum absolute atomic E-state index is 6.01. The second kappa shape index (κ2) is 8.44. The maximum Gasteiger partial charge on any atom is 0.126 e. The largest absolute Gasteiger partial charge is 0.467 e. The van der Waals surface area contributed by atoms with Crippen molar-refractivity contribution in [2.75, 3.05) is 33.5 Å². The lowest BCUT2D eigenvalue weighted by Crippen LogP contribution is -2.25. The molecule has 1 unspecified atom stereocenters. The van der Waals surface area contributed by atoms with E-state index in [9.17, 15) is 0 Å². The van der Waals surface area contributed by atoms with Crippen LogP contribution in [0.15, 0.2) is 34.9 Å². The van der Waals surface area contributed by atoms with Crippen LogP contribution in [-0.2, 0) is 9.47 Å². The Kier molecular flexibility index (Phi) is 6.56. The predicted molar refractivity (Wildman–Crippen MR) is 80.6 cm³/mol. The van der Waals surface area contributed by atoms with Crippen LogP contribution in [0.25, 0.3) is 0 Å². The monoisotopic (exact) mass is 315 g/mol. The van der Waals surface area contributed by atoms with Gasteiger partial charge in [0.05, 0.1) is 30.4 Å². The minimum absolute atomic E-state index is 0.00789. The molecular weight excluding hydrogens is 298 g/mol. The third-order valence-corrected chi connectivity index (χ3v) is 4.03. The predicted octanol–water partition coefficient (Wildman–Crippen LogP) is 3.34. The van der Waals surface area contributed by atoms with E-state index < -0.39 is 0 Å². The molecule has 110 valence electrons. The van der Waals surface area contributed by atoms with Gasteiger partial charge in [0, 0.05) is 18.5 Å². The Morgan fingerprint density at radius 1 is 1.30 bits per heavy atom. The fraction of sp³-hybridized carbons (Fsp3) is 0.429. The molecule has 2 rings (SSSR count). The zero-order chi connectivity index (χ0) is 14.2. The van der Waals surface area contributed by atoms with Crippen LogP contribution in [0.3, 0.4) is 0 Å². The van der Waals surface area contributed by atoms with E-state index in [0.717, 1.165) is 21.5 Å². The first-order chi connectivity index (χ1) is 9.81. The number of ether oxygens (including phenoxy) is 2. The van der Waals surface area contributed by atoms with Crippen molar-refractivity contribution in [1.29, 1.82) is 0 Å². The highest BCUT2D eigenvalue weighted by atomic mass is 35.5. The molecule has 0 saturated heterocycles. The Balaban J connectivity index is 1.88. The molecule has 0 spiro atoms. The Hall–Kier alpha value is -0.850. The molecule has 6 heteroatoms. The molecule has 2 heterocycles. The number of halogens is 1. The van der Waals surface area contributed by atoms with Gasteiger partial charge in [-0.05, 0) is 24.3 Å². The lowest BCUT2D eigenvalue weighted by molar-refractivity contribution is 0.0712. The third-order valence-electron chi connectivity index (χ3n) is 2.73. The number of rotatable bonds is 9. The van der Waals surface area contributed by atoms with Gasteiger partial charge in [-0.2, -0.15) is 0 Å².